The maximum Gasteiger partial charge on any atom is 0.268 e. The summed E-state index contributed by atoms with van der Waals surface area (Å²) in [5.74, 6) is 7.49. The summed E-state index contributed by atoms with van der Waals surface area (Å²) in [6.45, 7) is 19.4. The first-order valence-corrected chi connectivity index (χ1v) is 14.9. The average molecular weight is 560 g/mol. The van der Waals surface area contributed by atoms with E-state index in [9.17, 15) is 9.59 Å². The number of fused-ring (bicyclic) bond motifs is 1. The van der Waals surface area contributed by atoms with Crippen molar-refractivity contribution >= 4 is 17.2 Å². The molecule has 1 unspecified atom stereocenters. The molecule has 1 saturated heterocycles. The van der Waals surface area contributed by atoms with E-state index in [0.717, 1.165) is 78.7 Å². The van der Waals surface area contributed by atoms with Gasteiger partial charge in [-0.15, -0.1) is 0 Å². The quantitative estimate of drug-likeness (QED) is 0.272. The molecule has 4 heterocycles. The Hall–Kier alpha value is -3.56. The minimum Gasteiger partial charge on any atom is -0.368 e. The van der Waals surface area contributed by atoms with E-state index in [2.05, 4.69) is 70.9 Å². The molecule has 0 aliphatic carbocycles. The van der Waals surface area contributed by atoms with Crippen molar-refractivity contribution in [3.63, 3.8) is 0 Å². The predicted octanol–water partition coefficient (Wildman–Crippen LogP) is 3.31. The lowest BCUT2D eigenvalue weighted by Crippen LogP contribution is -2.48. The van der Waals surface area contributed by atoms with E-state index < -0.39 is 0 Å². The third kappa shape index (κ3) is 5.78. The summed E-state index contributed by atoms with van der Waals surface area (Å²) in [4.78, 5) is 36.7. The number of piperazine rings is 1. The summed E-state index contributed by atoms with van der Waals surface area (Å²) in [5.41, 5.74) is 6.80. The number of amides is 1. The minimum absolute atomic E-state index is 0.0448. The van der Waals surface area contributed by atoms with Crippen molar-refractivity contribution in [1.29, 1.82) is 0 Å². The lowest BCUT2D eigenvalue weighted by atomic mass is 9.91. The van der Waals surface area contributed by atoms with Crippen molar-refractivity contribution in [3.05, 3.63) is 80.0 Å². The van der Waals surface area contributed by atoms with Gasteiger partial charge in [0.15, 0.2) is 0 Å². The number of dihydropyridines is 1. The molecule has 41 heavy (non-hydrogen) atoms. The first-order valence-electron chi connectivity index (χ1n) is 14.9. The minimum atomic E-state index is -0.269. The topological polar surface area (TPSA) is 101 Å². The number of carbonyl (C=O) groups excluding carboxylic acids is 1. The van der Waals surface area contributed by atoms with Crippen molar-refractivity contribution in [2.75, 3.05) is 50.7 Å². The molecule has 5 rings (SSSR count). The number of nitrogens with zero attached hydrogens (tertiary/aromatic N) is 4. The SMILES string of the molecule is CCN1CCN(C2=CC=C(c3cc(C(=O)N(N)Cc4c(C)cc(C)[nH]c4=O)c4c(c3)N(C(C)C)CC4C)CN2)CC1. The molecule has 1 fully saturated rings. The summed E-state index contributed by atoms with van der Waals surface area (Å²) < 4.78 is 0. The molecule has 2 aromatic rings. The number of allylic oxidation sites excluding steroid dienone is 2. The lowest BCUT2D eigenvalue weighted by molar-refractivity contribution is 0.0741. The number of hydrogen-bond donors (Lipinski definition) is 3. The number of H-pyrrole nitrogens is 1. The van der Waals surface area contributed by atoms with Crippen LogP contribution in [-0.4, -0.2) is 77.6 Å². The lowest BCUT2D eigenvalue weighted by Gasteiger charge is -2.37. The Morgan fingerprint density at radius 1 is 1.12 bits per heavy atom. The van der Waals surface area contributed by atoms with Gasteiger partial charge in [0.1, 0.15) is 5.82 Å². The van der Waals surface area contributed by atoms with Crippen LogP contribution in [-0.2, 0) is 6.54 Å². The highest BCUT2D eigenvalue weighted by Gasteiger charge is 2.34. The maximum atomic E-state index is 14.0. The van der Waals surface area contributed by atoms with Gasteiger partial charge >= 0.3 is 0 Å². The van der Waals surface area contributed by atoms with Crippen LogP contribution in [0.4, 0.5) is 5.69 Å². The van der Waals surface area contributed by atoms with Crippen LogP contribution in [0.3, 0.4) is 0 Å². The molecule has 1 aromatic heterocycles. The average Bonchev–Trinajstić information content (AvgIpc) is 3.30. The molecule has 1 atom stereocenters. The zero-order chi connectivity index (χ0) is 29.4. The molecular formula is C32H45N7O2. The molecular weight excluding hydrogens is 514 g/mol. The van der Waals surface area contributed by atoms with Crippen molar-refractivity contribution in [3.8, 4) is 0 Å². The van der Waals surface area contributed by atoms with Gasteiger partial charge in [-0.1, -0.05) is 19.9 Å². The van der Waals surface area contributed by atoms with Gasteiger partial charge in [0.05, 0.1) is 6.54 Å². The first-order chi connectivity index (χ1) is 19.6. The predicted molar refractivity (Wildman–Crippen MR) is 166 cm³/mol. The number of hydrazine groups is 1. The maximum absolute atomic E-state index is 14.0. The molecule has 3 aliphatic rings. The zero-order valence-corrected chi connectivity index (χ0v) is 25.4. The van der Waals surface area contributed by atoms with Crippen LogP contribution < -0.4 is 21.6 Å². The van der Waals surface area contributed by atoms with Crippen LogP contribution in [0.1, 0.15) is 71.9 Å². The second-order valence-electron chi connectivity index (χ2n) is 12.0. The summed E-state index contributed by atoms with van der Waals surface area (Å²) in [6, 6.07) is 6.44. The molecule has 9 heteroatoms. The van der Waals surface area contributed by atoms with Gasteiger partial charge in [-0.2, -0.15) is 0 Å². The van der Waals surface area contributed by atoms with Gasteiger partial charge in [0.25, 0.3) is 11.5 Å². The Labute approximate surface area is 243 Å². The van der Waals surface area contributed by atoms with E-state index in [1.54, 1.807) is 0 Å². The molecule has 1 amide bonds. The second-order valence-corrected chi connectivity index (χ2v) is 12.0. The Balaban J connectivity index is 1.48. The Kier molecular flexibility index (Phi) is 8.29. The Bertz CT molecular complexity index is 1430. The normalized spacial score (nSPS) is 19.2. The van der Waals surface area contributed by atoms with Crippen molar-refractivity contribution in [2.45, 2.75) is 60.0 Å². The van der Waals surface area contributed by atoms with E-state index >= 15 is 0 Å². The number of rotatable bonds is 7. The van der Waals surface area contributed by atoms with Crippen LogP contribution in [0.15, 0.2) is 41.0 Å². The summed E-state index contributed by atoms with van der Waals surface area (Å²) in [7, 11) is 0. The Morgan fingerprint density at radius 2 is 1.85 bits per heavy atom. The van der Waals surface area contributed by atoms with E-state index in [4.69, 9.17) is 5.84 Å². The van der Waals surface area contributed by atoms with Gasteiger partial charge in [-0.25, -0.2) is 5.84 Å². The molecule has 220 valence electrons. The van der Waals surface area contributed by atoms with Crippen molar-refractivity contribution < 1.29 is 4.79 Å². The van der Waals surface area contributed by atoms with Gasteiger partial charge in [0.2, 0.25) is 0 Å². The number of aromatic nitrogens is 1. The number of aromatic amines is 1. The van der Waals surface area contributed by atoms with Crippen LogP contribution in [0.2, 0.25) is 0 Å². The highest BCUT2D eigenvalue weighted by Crippen LogP contribution is 2.42. The number of aryl methyl sites for hydroxylation is 2. The smallest absolute Gasteiger partial charge is 0.268 e. The van der Waals surface area contributed by atoms with Crippen molar-refractivity contribution in [2.24, 2.45) is 5.84 Å². The molecule has 0 spiro atoms. The van der Waals surface area contributed by atoms with E-state index in [-0.39, 0.29) is 23.9 Å². The number of likely N-dealkylation sites (N-methyl/N-ethyl adjacent to an activating group) is 1. The molecule has 4 N–H and O–H groups in total. The summed E-state index contributed by atoms with van der Waals surface area (Å²) >= 11 is 0. The van der Waals surface area contributed by atoms with E-state index in [1.807, 2.05) is 26.0 Å². The van der Waals surface area contributed by atoms with Gasteiger partial charge in [-0.05, 0) is 80.8 Å². The number of benzene rings is 1. The fourth-order valence-corrected chi connectivity index (χ4v) is 6.41. The number of anilines is 1. The molecule has 0 bridgehead atoms. The molecule has 9 nitrogen and oxygen atoms in total. The summed E-state index contributed by atoms with van der Waals surface area (Å²) in [5, 5.41) is 4.82. The van der Waals surface area contributed by atoms with Gasteiger partial charge in [0, 0.05) is 73.7 Å². The van der Waals surface area contributed by atoms with Crippen LogP contribution >= 0.6 is 0 Å². The highest BCUT2D eigenvalue weighted by molar-refractivity contribution is 5.99. The van der Waals surface area contributed by atoms with Crippen LogP contribution in [0.25, 0.3) is 5.57 Å². The van der Waals surface area contributed by atoms with Gasteiger partial charge in [-0.3, -0.25) is 14.6 Å². The first kappa shape index (κ1) is 29.0. The number of pyridine rings is 1. The van der Waals surface area contributed by atoms with E-state index in [1.165, 1.54) is 5.01 Å². The molecule has 1 aromatic carbocycles. The number of nitrogens with two attached hydrogens (primary N) is 1. The molecule has 0 saturated carbocycles. The molecule has 3 aliphatic heterocycles. The fraction of sp³-hybridized carbons (Fsp3) is 0.500. The van der Waals surface area contributed by atoms with Crippen LogP contribution in [0.5, 0.6) is 0 Å². The number of hydrogen-bond acceptors (Lipinski definition) is 7. The monoisotopic (exact) mass is 559 g/mol. The fourth-order valence-electron chi connectivity index (χ4n) is 6.41. The van der Waals surface area contributed by atoms with Crippen molar-refractivity contribution in [1.82, 2.24) is 25.1 Å². The number of nitrogens with one attached hydrogen (secondary N) is 2. The second kappa shape index (κ2) is 11.7. The van der Waals surface area contributed by atoms with Crippen LogP contribution in [0, 0.1) is 13.8 Å². The molecule has 0 radical (unpaired) electrons. The van der Waals surface area contributed by atoms with E-state index in [0.29, 0.717) is 23.7 Å². The third-order valence-electron chi connectivity index (χ3n) is 8.80. The summed E-state index contributed by atoms with van der Waals surface area (Å²) in [6.07, 6.45) is 4.35. The standard InChI is InChI=1S/C32H45N7O2/c1-7-36-10-12-37(13-11-36)29-9-8-24(17-34-29)25-15-26(30-22(5)18-38(20(2)3)28(30)16-25)32(41)39(33)19-27-21(4)14-23(6)35-31(27)40/h8-9,14-16,20,22,34H,7,10-13,17-19,33H2,1-6H3,(H,35,40). The largest absolute Gasteiger partial charge is 0.368 e. The van der Waals surface area contributed by atoms with Gasteiger partial charge < -0.3 is 25.0 Å². The zero-order valence-electron chi connectivity index (χ0n) is 25.4. The Morgan fingerprint density at radius 3 is 2.46 bits per heavy atom. The highest BCUT2D eigenvalue weighted by atomic mass is 16.2. The third-order valence-corrected chi connectivity index (χ3v) is 8.80. The number of carbonyl (C=O) groups is 1.